The zero-order chi connectivity index (χ0) is 15.4. The van der Waals surface area contributed by atoms with Crippen LogP contribution in [0.1, 0.15) is 33.6 Å². The quantitative estimate of drug-likeness (QED) is 0.900. The van der Waals surface area contributed by atoms with Gasteiger partial charge in [-0.2, -0.15) is 0 Å². The van der Waals surface area contributed by atoms with Gasteiger partial charge in [-0.25, -0.2) is 4.79 Å². The number of amides is 2. The number of benzene rings is 1. The van der Waals surface area contributed by atoms with Crippen molar-refractivity contribution in [2.75, 3.05) is 26.7 Å². The van der Waals surface area contributed by atoms with Crippen molar-refractivity contribution >= 4 is 17.8 Å². The summed E-state index contributed by atoms with van der Waals surface area (Å²) >= 11 is 0. The summed E-state index contributed by atoms with van der Waals surface area (Å²) in [6, 6.07) is 5.68. The highest BCUT2D eigenvalue weighted by Crippen LogP contribution is 2.10. The molecular formula is C15H18N2O4. The zero-order valence-electron chi connectivity index (χ0n) is 11.9. The summed E-state index contributed by atoms with van der Waals surface area (Å²) < 4.78 is 0. The van der Waals surface area contributed by atoms with Crippen molar-refractivity contribution in [2.45, 2.75) is 12.8 Å². The van der Waals surface area contributed by atoms with E-state index in [0.29, 0.717) is 5.56 Å². The first-order valence-corrected chi connectivity index (χ1v) is 6.85. The molecule has 6 heteroatoms. The van der Waals surface area contributed by atoms with E-state index in [9.17, 15) is 14.4 Å². The average molecular weight is 290 g/mol. The molecule has 0 bridgehead atoms. The first-order valence-electron chi connectivity index (χ1n) is 6.85. The Bertz CT molecular complexity index is 547. The monoisotopic (exact) mass is 290 g/mol. The number of rotatable bonds is 4. The van der Waals surface area contributed by atoms with Crippen LogP contribution in [-0.2, 0) is 4.79 Å². The molecule has 0 atom stereocenters. The van der Waals surface area contributed by atoms with Gasteiger partial charge in [0.2, 0.25) is 5.91 Å². The number of likely N-dealkylation sites (N-methyl/N-ethyl adjacent to an activating group) is 1. The molecular weight excluding hydrogens is 272 g/mol. The molecule has 21 heavy (non-hydrogen) atoms. The molecule has 6 nitrogen and oxygen atoms in total. The van der Waals surface area contributed by atoms with E-state index in [1.807, 2.05) is 0 Å². The lowest BCUT2D eigenvalue weighted by atomic mass is 10.1. The van der Waals surface area contributed by atoms with Crippen LogP contribution in [0.4, 0.5) is 0 Å². The van der Waals surface area contributed by atoms with E-state index in [4.69, 9.17) is 5.11 Å². The maximum Gasteiger partial charge on any atom is 0.335 e. The van der Waals surface area contributed by atoms with Gasteiger partial charge < -0.3 is 14.9 Å². The highest BCUT2D eigenvalue weighted by Gasteiger charge is 2.21. The number of carboxylic acids is 1. The largest absolute Gasteiger partial charge is 0.478 e. The van der Waals surface area contributed by atoms with Crippen LogP contribution in [-0.4, -0.2) is 59.4 Å². The van der Waals surface area contributed by atoms with Crippen LogP contribution in [0.5, 0.6) is 0 Å². The molecule has 1 aliphatic heterocycles. The summed E-state index contributed by atoms with van der Waals surface area (Å²) in [6.07, 6.45) is 2.03. The van der Waals surface area contributed by atoms with Crippen LogP contribution in [0.15, 0.2) is 24.3 Å². The highest BCUT2D eigenvalue weighted by molar-refractivity contribution is 5.97. The third-order valence-electron chi connectivity index (χ3n) is 3.56. The van der Waals surface area contributed by atoms with Crippen molar-refractivity contribution in [3.63, 3.8) is 0 Å². The molecule has 2 amide bonds. The van der Waals surface area contributed by atoms with Gasteiger partial charge in [-0.1, -0.05) is 0 Å². The second kappa shape index (κ2) is 6.39. The zero-order valence-corrected chi connectivity index (χ0v) is 11.9. The number of hydrogen-bond donors (Lipinski definition) is 1. The van der Waals surface area contributed by atoms with Crippen LogP contribution in [0.3, 0.4) is 0 Å². The van der Waals surface area contributed by atoms with E-state index in [-0.39, 0.29) is 23.9 Å². The lowest BCUT2D eigenvalue weighted by Gasteiger charge is -2.21. The number of nitrogens with zero attached hydrogens (tertiary/aromatic N) is 2. The molecule has 1 fully saturated rings. The molecule has 0 aromatic heterocycles. The Morgan fingerprint density at radius 1 is 1.10 bits per heavy atom. The van der Waals surface area contributed by atoms with Gasteiger partial charge in [0.1, 0.15) is 0 Å². The molecule has 1 saturated heterocycles. The Morgan fingerprint density at radius 3 is 2.14 bits per heavy atom. The van der Waals surface area contributed by atoms with E-state index in [2.05, 4.69) is 0 Å². The fourth-order valence-corrected chi connectivity index (χ4v) is 2.32. The van der Waals surface area contributed by atoms with Gasteiger partial charge in [-0.05, 0) is 37.1 Å². The lowest BCUT2D eigenvalue weighted by Crippen LogP contribution is -2.39. The van der Waals surface area contributed by atoms with E-state index >= 15 is 0 Å². The average Bonchev–Trinajstić information content (AvgIpc) is 3.00. The molecule has 0 aliphatic carbocycles. The minimum absolute atomic E-state index is 0.0412. The van der Waals surface area contributed by atoms with Gasteiger partial charge in [0.05, 0.1) is 12.1 Å². The van der Waals surface area contributed by atoms with Gasteiger partial charge in [0, 0.05) is 25.7 Å². The second-order valence-electron chi connectivity index (χ2n) is 5.13. The van der Waals surface area contributed by atoms with E-state index in [1.165, 1.54) is 29.2 Å². The van der Waals surface area contributed by atoms with E-state index < -0.39 is 5.97 Å². The van der Waals surface area contributed by atoms with Gasteiger partial charge in [0.25, 0.3) is 5.91 Å². The Labute approximate surface area is 123 Å². The Balaban J connectivity index is 1.98. The fraction of sp³-hybridized carbons (Fsp3) is 0.400. The predicted octanol–water partition coefficient (Wildman–Crippen LogP) is 1.08. The van der Waals surface area contributed by atoms with Crippen molar-refractivity contribution < 1.29 is 19.5 Å². The number of aromatic carboxylic acids is 1. The summed E-state index contributed by atoms with van der Waals surface area (Å²) in [7, 11) is 1.57. The molecule has 1 aromatic carbocycles. The second-order valence-corrected chi connectivity index (χ2v) is 5.13. The Hall–Kier alpha value is -2.37. The predicted molar refractivity (Wildman–Crippen MR) is 76.2 cm³/mol. The Kier molecular flexibility index (Phi) is 4.57. The summed E-state index contributed by atoms with van der Waals surface area (Å²) in [5.41, 5.74) is 0.499. The Morgan fingerprint density at radius 2 is 1.62 bits per heavy atom. The number of carboxylic acid groups (broad SMARTS) is 1. The van der Waals surface area contributed by atoms with Crippen molar-refractivity contribution in [3.05, 3.63) is 35.4 Å². The first kappa shape index (κ1) is 15.0. The lowest BCUT2D eigenvalue weighted by molar-refractivity contribution is -0.130. The van der Waals surface area contributed by atoms with Crippen molar-refractivity contribution in [2.24, 2.45) is 0 Å². The topological polar surface area (TPSA) is 77.9 Å². The van der Waals surface area contributed by atoms with Crippen molar-refractivity contribution in [3.8, 4) is 0 Å². The van der Waals surface area contributed by atoms with Crippen LogP contribution < -0.4 is 0 Å². The normalized spacial score (nSPS) is 14.0. The molecule has 2 rings (SSSR count). The number of hydrogen-bond acceptors (Lipinski definition) is 3. The minimum Gasteiger partial charge on any atom is -0.478 e. The highest BCUT2D eigenvalue weighted by atomic mass is 16.4. The number of carbonyl (C=O) groups is 3. The molecule has 112 valence electrons. The van der Waals surface area contributed by atoms with Gasteiger partial charge in [-0.3, -0.25) is 9.59 Å². The molecule has 1 heterocycles. The maximum absolute atomic E-state index is 12.2. The molecule has 1 aromatic rings. The molecule has 0 spiro atoms. The van der Waals surface area contributed by atoms with Crippen molar-refractivity contribution in [1.82, 2.24) is 9.80 Å². The fourth-order valence-electron chi connectivity index (χ4n) is 2.32. The molecule has 1 aliphatic rings. The van der Waals surface area contributed by atoms with E-state index in [1.54, 1.807) is 11.9 Å². The molecule has 1 N–H and O–H groups in total. The smallest absolute Gasteiger partial charge is 0.335 e. The summed E-state index contributed by atoms with van der Waals surface area (Å²) in [5.74, 6) is -1.38. The number of likely N-dealkylation sites (tertiary alicyclic amines) is 1. The first-order chi connectivity index (χ1) is 9.99. The summed E-state index contributed by atoms with van der Waals surface area (Å²) in [5, 5.41) is 8.82. The van der Waals surface area contributed by atoms with Crippen LogP contribution in [0.2, 0.25) is 0 Å². The van der Waals surface area contributed by atoms with Crippen molar-refractivity contribution in [1.29, 1.82) is 0 Å². The van der Waals surface area contributed by atoms with Crippen LogP contribution in [0, 0.1) is 0 Å². The van der Waals surface area contributed by atoms with Gasteiger partial charge >= 0.3 is 5.97 Å². The van der Waals surface area contributed by atoms with Crippen LogP contribution in [0.25, 0.3) is 0 Å². The molecule has 0 radical (unpaired) electrons. The third kappa shape index (κ3) is 3.59. The minimum atomic E-state index is -1.04. The van der Waals surface area contributed by atoms with Gasteiger partial charge in [0.15, 0.2) is 0 Å². The summed E-state index contributed by atoms with van der Waals surface area (Å²) in [6.45, 7) is 1.56. The molecule has 0 saturated carbocycles. The van der Waals surface area contributed by atoms with E-state index in [0.717, 1.165) is 25.9 Å². The van der Waals surface area contributed by atoms with Crippen LogP contribution >= 0.6 is 0 Å². The number of carbonyl (C=O) groups excluding carboxylic acids is 2. The third-order valence-corrected chi connectivity index (χ3v) is 3.56. The molecule has 0 unspecified atom stereocenters. The SMILES string of the molecule is CN(CC(=O)N1CCCC1)C(=O)c1ccc(C(=O)O)cc1. The standard InChI is InChI=1S/C15H18N2O4/c1-16(10-13(18)17-8-2-3-9-17)14(19)11-4-6-12(7-5-11)15(20)21/h4-7H,2-3,8-10H2,1H3,(H,20,21). The summed E-state index contributed by atoms with van der Waals surface area (Å²) in [4.78, 5) is 38.1. The van der Waals surface area contributed by atoms with Gasteiger partial charge in [-0.15, -0.1) is 0 Å². The maximum atomic E-state index is 12.2.